The number of aromatic nitrogens is 2. The van der Waals surface area contributed by atoms with E-state index in [0.29, 0.717) is 17.7 Å². The summed E-state index contributed by atoms with van der Waals surface area (Å²) in [5.41, 5.74) is 1.67. The van der Waals surface area contributed by atoms with Crippen molar-refractivity contribution >= 4 is 11.8 Å². The number of carbonyl (C=O) groups excluding carboxylic acids is 2. The lowest BCUT2D eigenvalue weighted by Crippen LogP contribution is -2.30. The van der Waals surface area contributed by atoms with E-state index in [9.17, 15) is 9.59 Å². The van der Waals surface area contributed by atoms with Crippen LogP contribution in [0.5, 0.6) is 0 Å². The van der Waals surface area contributed by atoms with Crippen molar-refractivity contribution in [2.24, 2.45) is 0 Å². The quantitative estimate of drug-likeness (QED) is 0.877. The highest BCUT2D eigenvalue weighted by Crippen LogP contribution is 2.04. The third kappa shape index (κ3) is 4.37. The van der Waals surface area contributed by atoms with Crippen molar-refractivity contribution in [3.8, 4) is 0 Å². The van der Waals surface area contributed by atoms with Gasteiger partial charge in [0.25, 0.3) is 11.8 Å². The summed E-state index contributed by atoms with van der Waals surface area (Å²) in [5, 5.41) is 5.55. The van der Waals surface area contributed by atoms with E-state index in [4.69, 9.17) is 0 Å². The second-order valence-electron chi connectivity index (χ2n) is 5.13. The SMILES string of the molecule is CC(C)NC(=O)c1cncc(C(=O)NCc2ccncc2)c1. The maximum absolute atomic E-state index is 12.1. The predicted molar refractivity (Wildman–Crippen MR) is 82.2 cm³/mol. The molecule has 2 amide bonds. The van der Waals surface area contributed by atoms with Crippen LogP contribution in [0, 0.1) is 0 Å². The molecule has 0 aliphatic heterocycles. The van der Waals surface area contributed by atoms with Gasteiger partial charge in [-0.05, 0) is 37.6 Å². The fourth-order valence-corrected chi connectivity index (χ4v) is 1.82. The van der Waals surface area contributed by atoms with Crippen LogP contribution in [0.25, 0.3) is 0 Å². The van der Waals surface area contributed by atoms with E-state index >= 15 is 0 Å². The van der Waals surface area contributed by atoms with Gasteiger partial charge < -0.3 is 10.6 Å². The van der Waals surface area contributed by atoms with Gasteiger partial charge in [0.15, 0.2) is 0 Å². The number of pyridine rings is 2. The minimum absolute atomic E-state index is 0.0247. The second-order valence-corrected chi connectivity index (χ2v) is 5.13. The second kappa shape index (κ2) is 7.31. The van der Waals surface area contributed by atoms with Crippen LogP contribution < -0.4 is 10.6 Å². The molecule has 2 N–H and O–H groups in total. The Balaban J connectivity index is 2.02. The number of hydrogen-bond donors (Lipinski definition) is 2. The maximum atomic E-state index is 12.1. The Morgan fingerprint density at radius 2 is 1.68 bits per heavy atom. The van der Waals surface area contributed by atoms with Gasteiger partial charge in [0, 0.05) is 37.4 Å². The summed E-state index contributed by atoms with van der Waals surface area (Å²) in [6.07, 6.45) is 6.21. The van der Waals surface area contributed by atoms with Crippen molar-refractivity contribution in [1.82, 2.24) is 20.6 Å². The van der Waals surface area contributed by atoms with E-state index in [1.54, 1.807) is 12.4 Å². The fourth-order valence-electron chi connectivity index (χ4n) is 1.82. The minimum Gasteiger partial charge on any atom is -0.350 e. The third-order valence-corrected chi connectivity index (χ3v) is 2.88. The normalized spacial score (nSPS) is 10.3. The highest BCUT2D eigenvalue weighted by Gasteiger charge is 2.11. The zero-order valence-corrected chi connectivity index (χ0v) is 12.5. The van der Waals surface area contributed by atoms with Gasteiger partial charge in [0.1, 0.15) is 0 Å². The Bertz CT molecular complexity index is 656. The average molecular weight is 298 g/mol. The number of nitrogens with one attached hydrogen (secondary N) is 2. The summed E-state index contributed by atoms with van der Waals surface area (Å²) in [7, 11) is 0. The molecule has 0 bridgehead atoms. The molecule has 2 rings (SSSR count). The van der Waals surface area contributed by atoms with Crippen molar-refractivity contribution < 1.29 is 9.59 Å². The third-order valence-electron chi connectivity index (χ3n) is 2.88. The first-order valence-electron chi connectivity index (χ1n) is 6.99. The summed E-state index contributed by atoms with van der Waals surface area (Å²) in [6.45, 7) is 4.14. The molecule has 22 heavy (non-hydrogen) atoms. The van der Waals surface area contributed by atoms with Crippen LogP contribution in [0.3, 0.4) is 0 Å². The van der Waals surface area contributed by atoms with Gasteiger partial charge >= 0.3 is 0 Å². The van der Waals surface area contributed by atoms with Gasteiger partial charge in [0.2, 0.25) is 0 Å². The lowest BCUT2D eigenvalue weighted by Gasteiger charge is -2.09. The molecule has 2 heterocycles. The molecular weight excluding hydrogens is 280 g/mol. The minimum atomic E-state index is -0.275. The molecule has 0 aromatic carbocycles. The van der Waals surface area contributed by atoms with Crippen LogP contribution >= 0.6 is 0 Å². The van der Waals surface area contributed by atoms with Crippen LogP contribution in [0.1, 0.15) is 40.1 Å². The number of rotatable bonds is 5. The van der Waals surface area contributed by atoms with Gasteiger partial charge in [-0.1, -0.05) is 0 Å². The lowest BCUT2D eigenvalue weighted by atomic mass is 10.1. The molecule has 0 saturated heterocycles. The van der Waals surface area contributed by atoms with E-state index < -0.39 is 0 Å². The van der Waals surface area contributed by atoms with Gasteiger partial charge in [-0.15, -0.1) is 0 Å². The molecule has 0 unspecified atom stereocenters. The molecule has 2 aromatic rings. The predicted octanol–water partition coefficient (Wildman–Crippen LogP) is 1.54. The van der Waals surface area contributed by atoms with E-state index in [1.807, 2.05) is 26.0 Å². The molecule has 6 heteroatoms. The molecule has 0 aliphatic carbocycles. The van der Waals surface area contributed by atoms with Crippen molar-refractivity contribution in [2.75, 3.05) is 0 Å². The Hall–Kier alpha value is -2.76. The molecule has 2 aromatic heterocycles. The molecule has 0 aliphatic rings. The molecule has 6 nitrogen and oxygen atoms in total. The number of hydrogen-bond acceptors (Lipinski definition) is 4. The monoisotopic (exact) mass is 298 g/mol. The number of carbonyl (C=O) groups is 2. The van der Waals surface area contributed by atoms with Crippen LogP contribution in [0.2, 0.25) is 0 Å². The molecule has 114 valence electrons. The largest absolute Gasteiger partial charge is 0.350 e. The Morgan fingerprint density at radius 1 is 1.05 bits per heavy atom. The van der Waals surface area contributed by atoms with Gasteiger partial charge in [-0.3, -0.25) is 19.6 Å². The maximum Gasteiger partial charge on any atom is 0.253 e. The number of amides is 2. The van der Waals surface area contributed by atoms with Crippen molar-refractivity contribution in [1.29, 1.82) is 0 Å². The first-order chi connectivity index (χ1) is 10.6. The average Bonchev–Trinajstić information content (AvgIpc) is 2.53. The first-order valence-corrected chi connectivity index (χ1v) is 6.99. The van der Waals surface area contributed by atoms with E-state index in [1.165, 1.54) is 18.5 Å². The van der Waals surface area contributed by atoms with Crippen LogP contribution in [0.4, 0.5) is 0 Å². The van der Waals surface area contributed by atoms with E-state index in [0.717, 1.165) is 5.56 Å². The smallest absolute Gasteiger partial charge is 0.253 e. The van der Waals surface area contributed by atoms with Crippen molar-refractivity contribution in [3.05, 3.63) is 59.7 Å². The standard InChI is InChI=1S/C16H18N4O2/c1-11(2)20-16(22)14-7-13(9-18-10-14)15(21)19-8-12-3-5-17-6-4-12/h3-7,9-11H,8H2,1-2H3,(H,19,21)(H,20,22). The highest BCUT2D eigenvalue weighted by atomic mass is 16.2. The van der Waals surface area contributed by atoms with Crippen molar-refractivity contribution in [3.63, 3.8) is 0 Å². The fraction of sp³-hybridized carbons (Fsp3) is 0.250. The summed E-state index contributed by atoms with van der Waals surface area (Å²) < 4.78 is 0. The molecular formula is C16H18N4O2. The molecule has 0 fully saturated rings. The van der Waals surface area contributed by atoms with Gasteiger partial charge in [-0.25, -0.2) is 0 Å². The van der Waals surface area contributed by atoms with E-state index in [2.05, 4.69) is 20.6 Å². The summed E-state index contributed by atoms with van der Waals surface area (Å²) >= 11 is 0. The molecule has 0 atom stereocenters. The van der Waals surface area contributed by atoms with Crippen LogP contribution in [0.15, 0.2) is 43.0 Å². The highest BCUT2D eigenvalue weighted by molar-refractivity contribution is 5.99. The van der Waals surface area contributed by atoms with Crippen molar-refractivity contribution in [2.45, 2.75) is 26.4 Å². The first kappa shape index (κ1) is 15.6. The molecule has 0 saturated carbocycles. The Morgan fingerprint density at radius 3 is 2.32 bits per heavy atom. The summed E-state index contributed by atoms with van der Waals surface area (Å²) in [6, 6.07) is 5.21. The zero-order valence-electron chi connectivity index (χ0n) is 12.5. The van der Waals surface area contributed by atoms with Gasteiger partial charge in [-0.2, -0.15) is 0 Å². The Kier molecular flexibility index (Phi) is 5.19. The lowest BCUT2D eigenvalue weighted by molar-refractivity contribution is 0.0942. The topological polar surface area (TPSA) is 84.0 Å². The van der Waals surface area contributed by atoms with Crippen LogP contribution in [-0.2, 0) is 6.54 Å². The Labute approximate surface area is 129 Å². The number of nitrogens with zero attached hydrogens (tertiary/aromatic N) is 2. The molecule has 0 radical (unpaired) electrons. The van der Waals surface area contributed by atoms with E-state index in [-0.39, 0.29) is 17.9 Å². The molecule has 0 spiro atoms. The van der Waals surface area contributed by atoms with Crippen LogP contribution in [-0.4, -0.2) is 27.8 Å². The summed E-state index contributed by atoms with van der Waals surface area (Å²) in [4.78, 5) is 31.9. The zero-order chi connectivity index (χ0) is 15.9. The van der Waals surface area contributed by atoms with Gasteiger partial charge in [0.05, 0.1) is 11.1 Å². The summed E-state index contributed by atoms with van der Waals surface area (Å²) in [5.74, 6) is -0.519.